The fraction of sp³-hybridized carbons (Fsp3) is 0.240. The van der Waals surface area contributed by atoms with Crippen LogP contribution in [0, 0.1) is 0 Å². The van der Waals surface area contributed by atoms with Gasteiger partial charge in [-0.05, 0) is 40.8 Å². The van der Waals surface area contributed by atoms with E-state index in [9.17, 15) is 23.4 Å². The summed E-state index contributed by atoms with van der Waals surface area (Å²) in [5.41, 5.74) is 8.65. The molecule has 0 aliphatic heterocycles. The number of aromatic hydroxyl groups is 1. The van der Waals surface area contributed by atoms with Crippen LogP contribution < -0.4 is 15.8 Å². The van der Waals surface area contributed by atoms with Crippen molar-refractivity contribution in [2.75, 3.05) is 17.5 Å². The first-order chi connectivity index (χ1) is 16.1. The standard InChI is InChI=1S/C25H29N3O5S/c1-34(32,33)28-22-15-20(11-12-23(22)29)24(30)16-27-21(13-17-5-3-2-4-6-17)19-9-7-18(8-10-19)14-25(26)31/h2-12,15,21,24,27-30H,13-14,16H2,1H3,(H2,26,31). The van der Waals surface area contributed by atoms with Crippen LogP contribution in [0.15, 0.2) is 72.8 Å². The molecule has 2 unspecified atom stereocenters. The van der Waals surface area contributed by atoms with Gasteiger partial charge in [-0.25, -0.2) is 8.42 Å². The Kier molecular flexibility index (Phi) is 8.27. The van der Waals surface area contributed by atoms with Gasteiger partial charge in [-0.1, -0.05) is 60.7 Å². The molecule has 3 rings (SSSR count). The summed E-state index contributed by atoms with van der Waals surface area (Å²) in [7, 11) is -3.59. The number of hydrogen-bond acceptors (Lipinski definition) is 6. The van der Waals surface area contributed by atoms with Gasteiger partial charge in [-0.3, -0.25) is 9.52 Å². The summed E-state index contributed by atoms with van der Waals surface area (Å²) in [6.45, 7) is 0.184. The molecule has 3 aromatic carbocycles. The Labute approximate surface area is 199 Å². The molecule has 0 aromatic heterocycles. The molecule has 0 saturated carbocycles. The number of nitrogens with two attached hydrogens (primary N) is 1. The third kappa shape index (κ3) is 7.58. The molecule has 2 atom stereocenters. The number of aliphatic hydroxyl groups excluding tert-OH is 1. The number of phenolic OH excluding ortho intramolecular Hbond substituents is 1. The van der Waals surface area contributed by atoms with E-state index in [0.29, 0.717) is 12.0 Å². The lowest BCUT2D eigenvalue weighted by Crippen LogP contribution is -2.28. The van der Waals surface area contributed by atoms with Crippen LogP contribution in [0.1, 0.15) is 34.4 Å². The topological polar surface area (TPSA) is 142 Å². The number of benzene rings is 3. The van der Waals surface area contributed by atoms with E-state index in [2.05, 4.69) is 10.0 Å². The Morgan fingerprint density at radius 2 is 1.62 bits per heavy atom. The van der Waals surface area contributed by atoms with Crippen molar-refractivity contribution >= 4 is 21.6 Å². The number of aliphatic hydroxyl groups is 1. The number of carbonyl (C=O) groups is 1. The van der Waals surface area contributed by atoms with Crippen molar-refractivity contribution in [3.63, 3.8) is 0 Å². The third-order valence-electron chi connectivity index (χ3n) is 5.30. The maximum absolute atomic E-state index is 11.5. The lowest BCUT2D eigenvalue weighted by atomic mass is 9.97. The Morgan fingerprint density at radius 1 is 0.971 bits per heavy atom. The van der Waals surface area contributed by atoms with Gasteiger partial charge in [-0.2, -0.15) is 0 Å². The fourth-order valence-corrected chi connectivity index (χ4v) is 4.20. The molecule has 0 spiro atoms. The molecule has 9 heteroatoms. The summed E-state index contributed by atoms with van der Waals surface area (Å²) < 4.78 is 25.3. The van der Waals surface area contributed by atoms with Crippen molar-refractivity contribution in [1.82, 2.24) is 5.32 Å². The van der Waals surface area contributed by atoms with Gasteiger partial charge in [0.2, 0.25) is 15.9 Å². The number of anilines is 1. The molecule has 0 radical (unpaired) electrons. The number of nitrogens with one attached hydrogen (secondary N) is 2. The molecule has 0 fully saturated rings. The Hall–Kier alpha value is -3.40. The van der Waals surface area contributed by atoms with Gasteiger partial charge in [0.05, 0.1) is 24.5 Å². The van der Waals surface area contributed by atoms with E-state index in [1.807, 2.05) is 54.6 Å². The molecule has 0 heterocycles. The number of carbonyl (C=O) groups excluding carboxylic acids is 1. The number of rotatable bonds is 11. The molecule has 8 nitrogen and oxygen atoms in total. The maximum Gasteiger partial charge on any atom is 0.229 e. The molecule has 0 bridgehead atoms. The second kappa shape index (κ2) is 11.1. The second-order valence-corrected chi connectivity index (χ2v) is 9.95. The lowest BCUT2D eigenvalue weighted by Gasteiger charge is -2.22. The van der Waals surface area contributed by atoms with Crippen LogP contribution in [0.3, 0.4) is 0 Å². The van der Waals surface area contributed by atoms with Gasteiger partial charge >= 0.3 is 0 Å². The summed E-state index contributed by atoms with van der Waals surface area (Å²) in [5, 5.41) is 24.1. The van der Waals surface area contributed by atoms with Crippen LogP contribution in [-0.2, 0) is 27.7 Å². The van der Waals surface area contributed by atoms with Crippen LogP contribution in [0.4, 0.5) is 5.69 Å². The molecule has 3 aromatic rings. The Morgan fingerprint density at radius 3 is 2.24 bits per heavy atom. The molecule has 34 heavy (non-hydrogen) atoms. The predicted octanol–water partition coefficient (Wildman–Crippen LogP) is 2.40. The summed E-state index contributed by atoms with van der Waals surface area (Å²) in [6.07, 6.45) is 0.868. The summed E-state index contributed by atoms with van der Waals surface area (Å²) in [5.74, 6) is -0.624. The monoisotopic (exact) mass is 483 g/mol. The van der Waals surface area contributed by atoms with Gasteiger partial charge in [0.25, 0.3) is 0 Å². The molecule has 0 aliphatic carbocycles. The van der Waals surface area contributed by atoms with E-state index in [-0.39, 0.29) is 30.4 Å². The van der Waals surface area contributed by atoms with Crippen LogP contribution in [-0.4, -0.2) is 37.3 Å². The van der Waals surface area contributed by atoms with Crippen molar-refractivity contribution < 1.29 is 23.4 Å². The number of primary amides is 1. The first-order valence-electron chi connectivity index (χ1n) is 10.7. The van der Waals surface area contributed by atoms with Crippen LogP contribution in [0.2, 0.25) is 0 Å². The highest BCUT2D eigenvalue weighted by atomic mass is 32.2. The predicted molar refractivity (Wildman–Crippen MR) is 132 cm³/mol. The van der Waals surface area contributed by atoms with Gasteiger partial charge in [-0.15, -0.1) is 0 Å². The largest absolute Gasteiger partial charge is 0.506 e. The van der Waals surface area contributed by atoms with Gasteiger partial charge in [0.15, 0.2) is 0 Å². The molecule has 180 valence electrons. The van der Waals surface area contributed by atoms with Gasteiger partial charge in [0, 0.05) is 12.6 Å². The Balaban J connectivity index is 1.77. The van der Waals surface area contributed by atoms with Crippen molar-refractivity contribution in [2.45, 2.75) is 25.0 Å². The highest BCUT2D eigenvalue weighted by molar-refractivity contribution is 7.92. The number of hydrogen-bond donors (Lipinski definition) is 5. The highest BCUT2D eigenvalue weighted by Crippen LogP contribution is 2.28. The highest BCUT2D eigenvalue weighted by Gasteiger charge is 2.17. The number of sulfonamides is 1. The van der Waals surface area contributed by atoms with Crippen molar-refractivity contribution in [3.8, 4) is 5.75 Å². The summed E-state index contributed by atoms with van der Waals surface area (Å²) in [4.78, 5) is 11.2. The minimum atomic E-state index is -3.59. The lowest BCUT2D eigenvalue weighted by molar-refractivity contribution is -0.117. The van der Waals surface area contributed by atoms with Crippen molar-refractivity contribution in [2.24, 2.45) is 5.73 Å². The zero-order chi connectivity index (χ0) is 24.7. The summed E-state index contributed by atoms with van der Waals surface area (Å²) >= 11 is 0. The van der Waals surface area contributed by atoms with E-state index < -0.39 is 22.0 Å². The van der Waals surface area contributed by atoms with Gasteiger partial charge < -0.3 is 21.3 Å². The van der Waals surface area contributed by atoms with Crippen LogP contribution in [0.5, 0.6) is 5.75 Å². The SMILES string of the molecule is CS(=O)(=O)Nc1cc(C(O)CNC(Cc2ccccc2)c2ccc(CC(N)=O)cc2)ccc1O. The molecular weight excluding hydrogens is 454 g/mol. The molecule has 0 aliphatic rings. The van der Waals surface area contributed by atoms with Gasteiger partial charge in [0.1, 0.15) is 5.75 Å². The van der Waals surface area contributed by atoms with E-state index in [1.54, 1.807) is 6.07 Å². The minimum Gasteiger partial charge on any atom is -0.506 e. The number of phenols is 1. The average molecular weight is 484 g/mol. The fourth-order valence-electron chi connectivity index (χ4n) is 3.64. The smallest absolute Gasteiger partial charge is 0.229 e. The maximum atomic E-state index is 11.5. The van der Waals surface area contributed by atoms with E-state index >= 15 is 0 Å². The van der Waals surface area contributed by atoms with E-state index in [1.165, 1.54) is 12.1 Å². The van der Waals surface area contributed by atoms with Crippen LogP contribution >= 0.6 is 0 Å². The third-order valence-corrected chi connectivity index (χ3v) is 5.89. The summed E-state index contributed by atoms with van der Waals surface area (Å²) in [6, 6.07) is 21.7. The molecule has 1 amide bonds. The minimum absolute atomic E-state index is 0.00456. The normalized spacial score (nSPS) is 13.2. The zero-order valence-electron chi connectivity index (χ0n) is 18.8. The van der Waals surface area contributed by atoms with E-state index in [0.717, 1.165) is 22.9 Å². The zero-order valence-corrected chi connectivity index (χ0v) is 19.6. The number of amides is 1. The van der Waals surface area contributed by atoms with Crippen molar-refractivity contribution in [3.05, 3.63) is 95.1 Å². The van der Waals surface area contributed by atoms with Crippen molar-refractivity contribution in [1.29, 1.82) is 0 Å². The Bertz CT molecular complexity index is 1220. The van der Waals surface area contributed by atoms with E-state index in [4.69, 9.17) is 5.73 Å². The quantitative estimate of drug-likeness (QED) is 0.265. The second-order valence-electron chi connectivity index (χ2n) is 8.20. The molecule has 6 N–H and O–H groups in total. The first-order valence-corrected chi connectivity index (χ1v) is 12.6. The molecule has 0 saturated heterocycles. The first kappa shape index (κ1) is 25.2. The molecular formula is C25H29N3O5S. The van der Waals surface area contributed by atoms with Crippen LogP contribution in [0.25, 0.3) is 0 Å². The average Bonchev–Trinajstić information content (AvgIpc) is 2.78.